The summed E-state index contributed by atoms with van der Waals surface area (Å²) in [5.41, 5.74) is 6.43. The minimum atomic E-state index is -0.000602. The summed E-state index contributed by atoms with van der Waals surface area (Å²) in [6, 6.07) is 9.81. The molecular weight excluding hydrogens is 288 g/mol. The lowest BCUT2D eigenvalue weighted by atomic mass is 9.99. The highest BCUT2D eigenvalue weighted by Crippen LogP contribution is 2.25. The van der Waals surface area contributed by atoms with Crippen LogP contribution in [0.2, 0.25) is 0 Å². The molecule has 2 N–H and O–H groups in total. The van der Waals surface area contributed by atoms with Gasteiger partial charge >= 0.3 is 0 Å². The van der Waals surface area contributed by atoms with Gasteiger partial charge in [0.2, 0.25) is 0 Å². The first-order valence-corrected chi connectivity index (χ1v) is 7.29. The first-order valence-electron chi connectivity index (χ1n) is 7.29. The summed E-state index contributed by atoms with van der Waals surface area (Å²) in [5.74, 6) is 0.439. The zero-order chi connectivity index (χ0) is 13.9. The van der Waals surface area contributed by atoms with Gasteiger partial charge in [0.15, 0.2) is 5.76 Å². The van der Waals surface area contributed by atoms with Gasteiger partial charge in [0.05, 0.1) is 0 Å². The molecule has 1 aliphatic rings. The maximum absolute atomic E-state index is 12.6. The second kappa shape index (κ2) is 6.96. The molecule has 114 valence electrons. The zero-order valence-corrected chi connectivity index (χ0v) is 12.8. The van der Waals surface area contributed by atoms with Gasteiger partial charge in [-0.1, -0.05) is 18.2 Å². The standard InChI is InChI=1S/C16H20N2O2.ClH/c17-9-8-13-6-3-4-10-18(13)16(19)15-11-12-5-1-2-7-14(12)20-15;/h1-2,5,7,11,13H,3-4,6,8-10,17H2;1H. The number of amides is 1. The zero-order valence-electron chi connectivity index (χ0n) is 12.0. The largest absolute Gasteiger partial charge is 0.451 e. The Morgan fingerprint density at radius 3 is 2.90 bits per heavy atom. The van der Waals surface area contributed by atoms with Crippen LogP contribution in [0.5, 0.6) is 0 Å². The Hall–Kier alpha value is -1.52. The summed E-state index contributed by atoms with van der Waals surface area (Å²) in [6.07, 6.45) is 4.15. The lowest BCUT2D eigenvalue weighted by Gasteiger charge is -2.35. The maximum atomic E-state index is 12.6. The summed E-state index contributed by atoms with van der Waals surface area (Å²) in [7, 11) is 0. The molecule has 1 saturated heterocycles. The van der Waals surface area contributed by atoms with Gasteiger partial charge in [-0.3, -0.25) is 4.79 Å². The van der Waals surface area contributed by atoms with Crippen molar-refractivity contribution in [1.82, 2.24) is 4.90 Å². The number of rotatable bonds is 3. The van der Waals surface area contributed by atoms with Crippen molar-refractivity contribution in [3.8, 4) is 0 Å². The van der Waals surface area contributed by atoms with Crippen molar-refractivity contribution < 1.29 is 9.21 Å². The van der Waals surface area contributed by atoms with Crippen LogP contribution in [0.4, 0.5) is 0 Å². The van der Waals surface area contributed by atoms with E-state index in [1.165, 1.54) is 6.42 Å². The normalized spacial score (nSPS) is 18.5. The predicted molar refractivity (Wildman–Crippen MR) is 85.8 cm³/mol. The fraction of sp³-hybridized carbons (Fsp3) is 0.438. The van der Waals surface area contributed by atoms with Crippen LogP contribution in [0.3, 0.4) is 0 Å². The Kier molecular flexibility index (Phi) is 5.26. The number of furan rings is 1. The minimum Gasteiger partial charge on any atom is -0.451 e. The number of piperidine rings is 1. The maximum Gasteiger partial charge on any atom is 0.289 e. The first kappa shape index (κ1) is 15.9. The van der Waals surface area contributed by atoms with E-state index in [1.54, 1.807) is 0 Å². The molecule has 1 fully saturated rings. The van der Waals surface area contributed by atoms with E-state index in [-0.39, 0.29) is 24.4 Å². The molecule has 21 heavy (non-hydrogen) atoms. The molecule has 0 bridgehead atoms. The van der Waals surface area contributed by atoms with Gasteiger partial charge in [-0.15, -0.1) is 12.4 Å². The summed E-state index contributed by atoms with van der Waals surface area (Å²) in [6.45, 7) is 1.43. The van der Waals surface area contributed by atoms with E-state index in [9.17, 15) is 4.79 Å². The number of nitrogens with two attached hydrogens (primary N) is 1. The number of halogens is 1. The molecule has 1 aromatic heterocycles. The van der Waals surface area contributed by atoms with Gasteiger partial charge in [-0.25, -0.2) is 0 Å². The topological polar surface area (TPSA) is 59.5 Å². The Morgan fingerprint density at radius 1 is 1.33 bits per heavy atom. The van der Waals surface area contributed by atoms with Crippen molar-refractivity contribution >= 4 is 29.3 Å². The Labute approximate surface area is 130 Å². The number of carbonyl (C=O) groups excluding carboxylic acids is 1. The summed E-state index contributed by atoms with van der Waals surface area (Å²) >= 11 is 0. The van der Waals surface area contributed by atoms with E-state index < -0.39 is 0 Å². The summed E-state index contributed by atoms with van der Waals surface area (Å²) < 4.78 is 5.69. The number of likely N-dealkylation sites (tertiary alicyclic amines) is 1. The van der Waals surface area contributed by atoms with Crippen LogP contribution in [0.25, 0.3) is 11.0 Å². The van der Waals surface area contributed by atoms with Gasteiger partial charge in [-0.2, -0.15) is 0 Å². The quantitative estimate of drug-likeness (QED) is 0.947. The third kappa shape index (κ3) is 3.22. The van der Waals surface area contributed by atoms with Gasteiger partial charge in [0.25, 0.3) is 5.91 Å². The van der Waals surface area contributed by atoms with E-state index in [4.69, 9.17) is 10.2 Å². The molecule has 3 rings (SSSR count). The Bertz CT molecular complexity index is 576. The van der Waals surface area contributed by atoms with Crippen molar-refractivity contribution in [3.63, 3.8) is 0 Å². The van der Waals surface area contributed by atoms with Gasteiger partial charge in [-0.05, 0) is 44.4 Å². The molecule has 5 heteroatoms. The van der Waals surface area contributed by atoms with Gasteiger partial charge < -0.3 is 15.1 Å². The molecular formula is C16H21ClN2O2. The number of carbonyl (C=O) groups is 1. The smallest absolute Gasteiger partial charge is 0.289 e. The van der Waals surface area contributed by atoms with Crippen molar-refractivity contribution in [2.24, 2.45) is 5.73 Å². The second-order valence-corrected chi connectivity index (χ2v) is 5.37. The fourth-order valence-electron chi connectivity index (χ4n) is 2.99. The molecule has 0 spiro atoms. The van der Waals surface area contributed by atoms with E-state index in [2.05, 4.69) is 0 Å². The van der Waals surface area contributed by atoms with Crippen molar-refractivity contribution in [2.75, 3.05) is 13.1 Å². The molecule has 1 amide bonds. The average molecular weight is 309 g/mol. The molecule has 0 aliphatic carbocycles. The van der Waals surface area contributed by atoms with E-state index in [1.807, 2.05) is 35.2 Å². The van der Waals surface area contributed by atoms with E-state index in [0.717, 1.165) is 36.8 Å². The van der Waals surface area contributed by atoms with E-state index in [0.29, 0.717) is 12.3 Å². The van der Waals surface area contributed by atoms with Crippen LogP contribution in [0.1, 0.15) is 36.2 Å². The molecule has 1 aliphatic heterocycles. The highest BCUT2D eigenvalue weighted by Gasteiger charge is 2.28. The number of hydrogen-bond donors (Lipinski definition) is 1. The fourth-order valence-corrected chi connectivity index (χ4v) is 2.99. The Morgan fingerprint density at radius 2 is 2.14 bits per heavy atom. The second-order valence-electron chi connectivity index (χ2n) is 5.37. The number of fused-ring (bicyclic) bond motifs is 1. The highest BCUT2D eigenvalue weighted by molar-refractivity contribution is 5.96. The third-order valence-corrected chi connectivity index (χ3v) is 4.02. The number of benzene rings is 1. The summed E-state index contributed by atoms with van der Waals surface area (Å²) in [4.78, 5) is 14.6. The molecule has 1 aromatic carbocycles. The summed E-state index contributed by atoms with van der Waals surface area (Å²) in [5, 5.41) is 0.975. The van der Waals surface area contributed by atoms with E-state index >= 15 is 0 Å². The number of hydrogen-bond acceptors (Lipinski definition) is 3. The molecule has 1 unspecified atom stereocenters. The lowest BCUT2D eigenvalue weighted by Crippen LogP contribution is -2.44. The van der Waals surface area contributed by atoms with Crippen LogP contribution in [-0.2, 0) is 0 Å². The molecule has 4 nitrogen and oxygen atoms in total. The lowest BCUT2D eigenvalue weighted by molar-refractivity contribution is 0.0575. The average Bonchev–Trinajstić information content (AvgIpc) is 2.91. The molecule has 2 heterocycles. The molecule has 0 saturated carbocycles. The van der Waals surface area contributed by atoms with Crippen molar-refractivity contribution in [2.45, 2.75) is 31.7 Å². The van der Waals surface area contributed by atoms with Crippen LogP contribution < -0.4 is 5.73 Å². The Balaban J connectivity index is 0.00000161. The SMILES string of the molecule is Cl.NCCC1CCCCN1C(=O)c1cc2ccccc2o1. The first-order chi connectivity index (χ1) is 9.79. The van der Waals surface area contributed by atoms with Gasteiger partial charge in [0, 0.05) is 18.0 Å². The third-order valence-electron chi connectivity index (χ3n) is 4.02. The monoisotopic (exact) mass is 308 g/mol. The van der Waals surface area contributed by atoms with Crippen LogP contribution >= 0.6 is 12.4 Å². The molecule has 0 radical (unpaired) electrons. The number of nitrogens with zero attached hydrogens (tertiary/aromatic N) is 1. The predicted octanol–water partition coefficient (Wildman–Crippen LogP) is 3.20. The van der Waals surface area contributed by atoms with Crippen LogP contribution in [0.15, 0.2) is 34.7 Å². The van der Waals surface area contributed by atoms with Crippen molar-refractivity contribution in [3.05, 3.63) is 36.1 Å². The van der Waals surface area contributed by atoms with Gasteiger partial charge in [0.1, 0.15) is 5.58 Å². The van der Waals surface area contributed by atoms with Crippen LogP contribution in [-0.4, -0.2) is 29.9 Å². The molecule has 2 aromatic rings. The molecule has 1 atom stereocenters. The highest BCUT2D eigenvalue weighted by atomic mass is 35.5. The van der Waals surface area contributed by atoms with Crippen LogP contribution in [0, 0.1) is 0 Å². The minimum absolute atomic E-state index is 0. The van der Waals surface area contributed by atoms with Crippen molar-refractivity contribution in [1.29, 1.82) is 0 Å². The number of para-hydroxylation sites is 1.